The van der Waals surface area contributed by atoms with Crippen LogP contribution in [0.2, 0.25) is 0 Å². The lowest BCUT2D eigenvalue weighted by Crippen LogP contribution is -2.33. The second-order valence-electron chi connectivity index (χ2n) is 6.50. The van der Waals surface area contributed by atoms with Crippen molar-refractivity contribution in [2.24, 2.45) is 0 Å². The van der Waals surface area contributed by atoms with Gasteiger partial charge in [0.2, 0.25) is 15.9 Å². The van der Waals surface area contributed by atoms with Crippen LogP contribution in [-0.4, -0.2) is 49.7 Å². The van der Waals surface area contributed by atoms with Gasteiger partial charge in [0.1, 0.15) is 0 Å². The van der Waals surface area contributed by atoms with Crippen molar-refractivity contribution in [3.8, 4) is 0 Å². The van der Waals surface area contributed by atoms with Crippen LogP contribution in [0, 0.1) is 6.92 Å². The molecule has 0 unspecified atom stereocenters. The van der Waals surface area contributed by atoms with E-state index in [1.807, 2.05) is 44.0 Å². The van der Waals surface area contributed by atoms with Gasteiger partial charge in [-0.15, -0.1) is 11.3 Å². The van der Waals surface area contributed by atoms with Gasteiger partial charge in [-0.05, 0) is 42.6 Å². The number of benzene rings is 1. The molecule has 28 heavy (non-hydrogen) atoms. The van der Waals surface area contributed by atoms with Crippen molar-refractivity contribution < 1.29 is 13.2 Å². The van der Waals surface area contributed by atoms with Crippen LogP contribution in [-0.2, 0) is 21.4 Å². The average Bonchev–Trinajstić information content (AvgIpc) is 3.16. The summed E-state index contributed by atoms with van der Waals surface area (Å²) in [6.07, 6.45) is 0. The van der Waals surface area contributed by atoms with Gasteiger partial charge in [0.05, 0.1) is 11.4 Å². The van der Waals surface area contributed by atoms with Crippen molar-refractivity contribution >= 4 is 33.0 Å². The molecule has 0 aliphatic rings. The Morgan fingerprint density at radius 2 is 1.82 bits per heavy atom. The number of thiophene rings is 1. The van der Waals surface area contributed by atoms with Gasteiger partial charge >= 0.3 is 0 Å². The number of hydrogen-bond acceptors (Lipinski definition) is 5. The first-order chi connectivity index (χ1) is 13.3. The molecule has 0 aliphatic carbocycles. The Labute approximate surface area is 172 Å². The fourth-order valence-corrected chi connectivity index (χ4v) is 5.14. The molecule has 0 atom stereocenters. The lowest BCUT2D eigenvalue weighted by molar-refractivity contribution is -0.117. The topological polar surface area (TPSA) is 69.7 Å². The molecule has 2 aromatic rings. The van der Waals surface area contributed by atoms with Crippen molar-refractivity contribution in [1.82, 2.24) is 9.21 Å². The Hall–Kier alpha value is -1.74. The molecule has 2 rings (SSSR count). The number of carbonyl (C=O) groups is 1. The molecule has 0 bridgehead atoms. The zero-order chi connectivity index (χ0) is 20.7. The fourth-order valence-electron chi connectivity index (χ4n) is 2.90. The van der Waals surface area contributed by atoms with Gasteiger partial charge in [-0.3, -0.25) is 9.69 Å². The van der Waals surface area contributed by atoms with E-state index in [4.69, 9.17) is 0 Å². The SMILES string of the molecule is CCN(CC(=O)Nc1cc(S(=O)(=O)N(CC)CC)ccc1C)Cc1cccs1. The summed E-state index contributed by atoms with van der Waals surface area (Å²) in [6.45, 7) is 10.0. The van der Waals surface area contributed by atoms with E-state index in [2.05, 4.69) is 11.4 Å². The van der Waals surface area contributed by atoms with Gasteiger partial charge in [-0.1, -0.05) is 32.9 Å². The van der Waals surface area contributed by atoms with E-state index in [-0.39, 0.29) is 17.3 Å². The molecule has 1 aromatic carbocycles. The van der Waals surface area contributed by atoms with E-state index in [1.165, 1.54) is 9.18 Å². The van der Waals surface area contributed by atoms with Crippen LogP contribution in [0.25, 0.3) is 0 Å². The minimum atomic E-state index is -3.57. The summed E-state index contributed by atoms with van der Waals surface area (Å²) in [5, 5.41) is 4.90. The molecule has 0 saturated carbocycles. The number of aryl methyl sites for hydroxylation is 1. The summed E-state index contributed by atoms with van der Waals surface area (Å²) < 4.78 is 26.9. The molecule has 0 saturated heterocycles. The van der Waals surface area contributed by atoms with Gasteiger partial charge < -0.3 is 5.32 Å². The Bertz CT molecular complexity index is 876. The molecular formula is C20H29N3O3S2. The van der Waals surface area contributed by atoms with Crippen molar-refractivity contribution in [1.29, 1.82) is 0 Å². The molecule has 6 nitrogen and oxygen atoms in total. The number of likely N-dealkylation sites (N-methyl/N-ethyl adjacent to an activating group) is 1. The normalized spacial score (nSPS) is 11.9. The molecule has 1 N–H and O–H groups in total. The number of rotatable bonds is 10. The monoisotopic (exact) mass is 423 g/mol. The highest BCUT2D eigenvalue weighted by Crippen LogP contribution is 2.23. The molecule has 1 amide bonds. The van der Waals surface area contributed by atoms with Gasteiger partial charge in [-0.2, -0.15) is 4.31 Å². The van der Waals surface area contributed by atoms with E-state index in [1.54, 1.807) is 29.5 Å². The minimum absolute atomic E-state index is 0.154. The van der Waals surface area contributed by atoms with Crippen molar-refractivity contribution in [3.63, 3.8) is 0 Å². The minimum Gasteiger partial charge on any atom is -0.325 e. The lowest BCUT2D eigenvalue weighted by atomic mass is 10.2. The number of hydrogen-bond donors (Lipinski definition) is 1. The lowest BCUT2D eigenvalue weighted by Gasteiger charge is -2.21. The smallest absolute Gasteiger partial charge is 0.243 e. The second-order valence-corrected chi connectivity index (χ2v) is 9.47. The molecule has 1 heterocycles. The number of nitrogens with zero attached hydrogens (tertiary/aromatic N) is 2. The zero-order valence-electron chi connectivity index (χ0n) is 16.9. The highest BCUT2D eigenvalue weighted by Gasteiger charge is 2.22. The van der Waals surface area contributed by atoms with Crippen LogP contribution in [0.5, 0.6) is 0 Å². The predicted molar refractivity (Wildman–Crippen MR) is 115 cm³/mol. The van der Waals surface area contributed by atoms with Crippen LogP contribution in [0.4, 0.5) is 5.69 Å². The first kappa shape index (κ1) is 22.5. The van der Waals surface area contributed by atoms with E-state index < -0.39 is 10.0 Å². The predicted octanol–water partition coefficient (Wildman–Crippen LogP) is 3.55. The van der Waals surface area contributed by atoms with Gasteiger partial charge in [0.25, 0.3) is 0 Å². The maximum Gasteiger partial charge on any atom is 0.243 e. The summed E-state index contributed by atoms with van der Waals surface area (Å²) in [7, 11) is -3.57. The summed E-state index contributed by atoms with van der Waals surface area (Å²) in [5.41, 5.74) is 1.36. The summed E-state index contributed by atoms with van der Waals surface area (Å²) in [5.74, 6) is -0.154. The van der Waals surface area contributed by atoms with E-state index in [9.17, 15) is 13.2 Å². The standard InChI is InChI=1S/C20H29N3O3S2/c1-5-22(14-17-9-8-12-27-17)15-20(24)21-19-13-18(11-10-16(19)4)28(25,26)23(6-2)7-3/h8-13H,5-7,14-15H2,1-4H3,(H,21,24). The van der Waals surface area contributed by atoms with E-state index in [0.717, 1.165) is 18.7 Å². The Balaban J connectivity index is 2.13. The number of carbonyl (C=O) groups excluding carboxylic acids is 1. The summed E-state index contributed by atoms with van der Waals surface area (Å²) in [4.78, 5) is 16.0. The third-order valence-corrected chi connectivity index (χ3v) is 7.51. The number of sulfonamides is 1. The first-order valence-electron chi connectivity index (χ1n) is 9.47. The first-order valence-corrected chi connectivity index (χ1v) is 11.8. The Morgan fingerprint density at radius 3 is 2.39 bits per heavy atom. The van der Waals surface area contributed by atoms with Crippen LogP contribution < -0.4 is 5.32 Å². The molecule has 0 spiro atoms. The maximum atomic E-state index is 12.8. The highest BCUT2D eigenvalue weighted by molar-refractivity contribution is 7.89. The van der Waals surface area contributed by atoms with Crippen LogP contribution in [0.3, 0.4) is 0 Å². The highest BCUT2D eigenvalue weighted by atomic mass is 32.2. The van der Waals surface area contributed by atoms with E-state index >= 15 is 0 Å². The van der Waals surface area contributed by atoms with Gasteiger partial charge in [-0.25, -0.2) is 8.42 Å². The Kier molecular flexibility index (Phi) is 8.18. The van der Waals surface area contributed by atoms with Crippen LogP contribution in [0.15, 0.2) is 40.6 Å². The largest absolute Gasteiger partial charge is 0.325 e. The molecule has 154 valence electrons. The molecule has 0 radical (unpaired) electrons. The van der Waals surface area contributed by atoms with Crippen LogP contribution >= 0.6 is 11.3 Å². The van der Waals surface area contributed by atoms with Crippen LogP contribution in [0.1, 0.15) is 31.2 Å². The summed E-state index contributed by atoms with van der Waals surface area (Å²) in [6, 6.07) is 8.93. The average molecular weight is 424 g/mol. The van der Waals surface area contributed by atoms with Gasteiger partial charge in [0, 0.05) is 30.2 Å². The van der Waals surface area contributed by atoms with Crippen molar-refractivity contribution in [2.75, 3.05) is 31.5 Å². The fraction of sp³-hybridized carbons (Fsp3) is 0.450. The molecule has 0 fully saturated rings. The quantitative estimate of drug-likeness (QED) is 0.634. The maximum absolute atomic E-state index is 12.8. The number of amides is 1. The molecular weight excluding hydrogens is 394 g/mol. The zero-order valence-corrected chi connectivity index (χ0v) is 18.6. The van der Waals surface area contributed by atoms with Crippen molar-refractivity contribution in [2.45, 2.75) is 39.1 Å². The number of anilines is 1. The number of nitrogens with one attached hydrogen (secondary N) is 1. The van der Waals surface area contributed by atoms with E-state index in [0.29, 0.717) is 18.8 Å². The second kappa shape index (κ2) is 10.2. The van der Waals surface area contributed by atoms with Gasteiger partial charge in [0.15, 0.2) is 0 Å². The molecule has 8 heteroatoms. The molecule has 0 aliphatic heterocycles. The third kappa shape index (κ3) is 5.64. The third-order valence-electron chi connectivity index (χ3n) is 4.60. The van der Waals surface area contributed by atoms with Crippen molar-refractivity contribution in [3.05, 3.63) is 46.2 Å². The molecule has 1 aromatic heterocycles. The Morgan fingerprint density at radius 1 is 1.11 bits per heavy atom. The summed E-state index contributed by atoms with van der Waals surface area (Å²) >= 11 is 1.67.